The Labute approximate surface area is 81.8 Å². The lowest BCUT2D eigenvalue weighted by molar-refractivity contribution is -0.138. The van der Waals surface area contributed by atoms with E-state index >= 15 is 0 Å². The van der Waals surface area contributed by atoms with Gasteiger partial charge in [0.15, 0.2) is 0 Å². The molecule has 0 saturated heterocycles. The lowest BCUT2D eigenvalue weighted by Crippen LogP contribution is -2.10. The highest BCUT2D eigenvalue weighted by Gasteiger charge is 2.16. The highest BCUT2D eigenvalue weighted by molar-refractivity contribution is 5.74. The first-order chi connectivity index (χ1) is 6.54. The number of carbonyl (C=O) groups is 1. The van der Waals surface area contributed by atoms with Gasteiger partial charge in [0.05, 0.1) is 18.7 Å². The SMILES string of the molecule is COc1cc(C(C)C(=O)O)nc(C)n1. The van der Waals surface area contributed by atoms with Crippen molar-refractivity contribution in [2.75, 3.05) is 7.11 Å². The second-order valence-electron chi connectivity index (χ2n) is 2.94. The number of carboxylic acid groups (broad SMARTS) is 1. The molecule has 1 aromatic rings. The second kappa shape index (κ2) is 4.04. The van der Waals surface area contributed by atoms with Crippen LogP contribution in [0.5, 0.6) is 5.88 Å². The third-order valence-corrected chi connectivity index (χ3v) is 1.86. The van der Waals surface area contributed by atoms with Gasteiger partial charge in [-0.15, -0.1) is 0 Å². The van der Waals surface area contributed by atoms with Gasteiger partial charge in [0, 0.05) is 6.07 Å². The van der Waals surface area contributed by atoms with Crippen LogP contribution in [0, 0.1) is 6.92 Å². The van der Waals surface area contributed by atoms with E-state index in [4.69, 9.17) is 9.84 Å². The molecule has 1 N–H and O–H groups in total. The highest BCUT2D eigenvalue weighted by atomic mass is 16.5. The summed E-state index contributed by atoms with van der Waals surface area (Å²) in [7, 11) is 1.48. The van der Waals surface area contributed by atoms with Gasteiger partial charge in [-0.2, -0.15) is 4.98 Å². The number of aromatic nitrogens is 2. The van der Waals surface area contributed by atoms with Crippen molar-refractivity contribution in [3.63, 3.8) is 0 Å². The molecule has 0 amide bonds. The van der Waals surface area contributed by atoms with Gasteiger partial charge < -0.3 is 9.84 Å². The predicted molar refractivity (Wildman–Crippen MR) is 49.4 cm³/mol. The zero-order valence-electron chi connectivity index (χ0n) is 8.31. The molecule has 1 unspecified atom stereocenters. The van der Waals surface area contributed by atoms with Crippen molar-refractivity contribution in [1.82, 2.24) is 9.97 Å². The number of nitrogens with zero attached hydrogens (tertiary/aromatic N) is 2. The molecule has 14 heavy (non-hydrogen) atoms. The Morgan fingerprint density at radius 1 is 1.57 bits per heavy atom. The molecular weight excluding hydrogens is 184 g/mol. The van der Waals surface area contributed by atoms with E-state index in [1.54, 1.807) is 13.8 Å². The quantitative estimate of drug-likeness (QED) is 0.780. The van der Waals surface area contributed by atoms with Crippen LogP contribution in [-0.4, -0.2) is 28.2 Å². The van der Waals surface area contributed by atoms with Crippen LogP contribution >= 0.6 is 0 Å². The summed E-state index contributed by atoms with van der Waals surface area (Å²) in [5.74, 6) is -0.663. The van der Waals surface area contributed by atoms with E-state index in [2.05, 4.69) is 9.97 Å². The summed E-state index contributed by atoms with van der Waals surface area (Å²) < 4.78 is 4.92. The fourth-order valence-electron chi connectivity index (χ4n) is 1.02. The molecule has 5 nitrogen and oxygen atoms in total. The van der Waals surface area contributed by atoms with Crippen LogP contribution in [0.4, 0.5) is 0 Å². The Hall–Kier alpha value is -1.65. The largest absolute Gasteiger partial charge is 0.481 e. The van der Waals surface area contributed by atoms with E-state index in [1.807, 2.05) is 0 Å². The molecular formula is C9H12N2O3. The fourth-order valence-corrected chi connectivity index (χ4v) is 1.02. The Bertz CT molecular complexity index is 352. The standard InChI is InChI=1S/C9H12N2O3/c1-5(9(12)13)7-4-8(14-3)11-6(2)10-7/h4-5H,1-3H3,(H,12,13). The Morgan fingerprint density at radius 2 is 2.21 bits per heavy atom. The Kier molecular flexibility index (Phi) is 3.01. The van der Waals surface area contributed by atoms with Crippen LogP contribution in [0.3, 0.4) is 0 Å². The lowest BCUT2D eigenvalue weighted by atomic mass is 10.1. The minimum atomic E-state index is -0.912. The van der Waals surface area contributed by atoms with Gasteiger partial charge in [-0.05, 0) is 13.8 Å². The average Bonchev–Trinajstić information content (AvgIpc) is 2.15. The van der Waals surface area contributed by atoms with Crippen LogP contribution in [0.15, 0.2) is 6.07 Å². The first-order valence-electron chi connectivity index (χ1n) is 4.17. The van der Waals surface area contributed by atoms with E-state index in [1.165, 1.54) is 13.2 Å². The van der Waals surface area contributed by atoms with Crippen molar-refractivity contribution >= 4 is 5.97 Å². The molecule has 0 aliphatic heterocycles. The van der Waals surface area contributed by atoms with Crippen LogP contribution in [0.1, 0.15) is 24.4 Å². The predicted octanol–water partition coefficient (Wildman–Crippen LogP) is 0.982. The van der Waals surface area contributed by atoms with E-state index < -0.39 is 11.9 Å². The Morgan fingerprint density at radius 3 is 2.71 bits per heavy atom. The summed E-state index contributed by atoms with van der Waals surface area (Å²) in [5, 5.41) is 8.79. The number of methoxy groups -OCH3 is 1. The summed E-state index contributed by atoms with van der Waals surface area (Å²) in [6.45, 7) is 3.27. The van der Waals surface area contributed by atoms with Crippen LogP contribution in [0.2, 0.25) is 0 Å². The molecule has 76 valence electrons. The third kappa shape index (κ3) is 2.18. The first-order valence-corrected chi connectivity index (χ1v) is 4.17. The summed E-state index contributed by atoms with van der Waals surface area (Å²) in [4.78, 5) is 18.7. The van der Waals surface area contributed by atoms with Crippen molar-refractivity contribution in [3.8, 4) is 5.88 Å². The molecule has 1 heterocycles. The van der Waals surface area contributed by atoms with Gasteiger partial charge in [-0.3, -0.25) is 4.79 Å². The van der Waals surface area contributed by atoms with Crippen molar-refractivity contribution in [2.24, 2.45) is 0 Å². The zero-order valence-corrected chi connectivity index (χ0v) is 8.31. The smallest absolute Gasteiger partial charge is 0.312 e. The minimum Gasteiger partial charge on any atom is -0.481 e. The summed E-state index contributed by atoms with van der Waals surface area (Å²) >= 11 is 0. The van der Waals surface area contributed by atoms with Crippen molar-refractivity contribution in [2.45, 2.75) is 19.8 Å². The molecule has 0 aliphatic rings. The number of carboxylic acids is 1. The molecule has 5 heteroatoms. The molecule has 0 aromatic carbocycles. The number of rotatable bonds is 3. The van der Waals surface area contributed by atoms with Gasteiger partial charge in [0.25, 0.3) is 0 Å². The molecule has 0 radical (unpaired) electrons. The third-order valence-electron chi connectivity index (χ3n) is 1.86. The molecule has 0 fully saturated rings. The van der Waals surface area contributed by atoms with E-state index in [0.29, 0.717) is 17.4 Å². The van der Waals surface area contributed by atoms with Crippen molar-refractivity contribution in [1.29, 1.82) is 0 Å². The van der Waals surface area contributed by atoms with Crippen LogP contribution in [0.25, 0.3) is 0 Å². The van der Waals surface area contributed by atoms with Crippen LogP contribution in [-0.2, 0) is 4.79 Å². The molecule has 0 aliphatic carbocycles. The van der Waals surface area contributed by atoms with Crippen molar-refractivity contribution in [3.05, 3.63) is 17.6 Å². The summed E-state index contributed by atoms with van der Waals surface area (Å²) in [5.41, 5.74) is 0.460. The molecule has 1 aromatic heterocycles. The number of hydrogen-bond acceptors (Lipinski definition) is 4. The highest BCUT2D eigenvalue weighted by Crippen LogP contribution is 2.17. The first kappa shape index (κ1) is 10.4. The number of aliphatic carboxylic acids is 1. The maximum absolute atomic E-state index is 10.7. The monoisotopic (exact) mass is 196 g/mol. The maximum Gasteiger partial charge on any atom is 0.312 e. The number of hydrogen-bond donors (Lipinski definition) is 1. The summed E-state index contributed by atoms with van der Waals surface area (Å²) in [6.07, 6.45) is 0. The van der Waals surface area contributed by atoms with Gasteiger partial charge in [-0.1, -0.05) is 0 Å². The molecule has 1 atom stereocenters. The average molecular weight is 196 g/mol. The number of aryl methyl sites for hydroxylation is 1. The minimum absolute atomic E-state index is 0.389. The van der Waals surface area contributed by atoms with Crippen molar-refractivity contribution < 1.29 is 14.6 Å². The molecule has 0 saturated carbocycles. The molecule has 0 spiro atoms. The van der Waals surface area contributed by atoms with E-state index in [-0.39, 0.29) is 0 Å². The lowest BCUT2D eigenvalue weighted by Gasteiger charge is -2.07. The normalized spacial score (nSPS) is 12.2. The van der Waals surface area contributed by atoms with E-state index in [9.17, 15) is 4.79 Å². The Balaban J connectivity index is 3.08. The van der Waals surface area contributed by atoms with Crippen LogP contribution < -0.4 is 4.74 Å². The van der Waals surface area contributed by atoms with Gasteiger partial charge in [0.2, 0.25) is 5.88 Å². The maximum atomic E-state index is 10.7. The zero-order chi connectivity index (χ0) is 10.7. The second-order valence-corrected chi connectivity index (χ2v) is 2.94. The van der Waals surface area contributed by atoms with Gasteiger partial charge >= 0.3 is 5.97 Å². The topological polar surface area (TPSA) is 72.3 Å². The van der Waals surface area contributed by atoms with E-state index in [0.717, 1.165) is 0 Å². The molecule has 0 bridgehead atoms. The van der Waals surface area contributed by atoms with Gasteiger partial charge in [-0.25, -0.2) is 4.98 Å². The molecule has 1 rings (SSSR count). The van der Waals surface area contributed by atoms with Gasteiger partial charge in [0.1, 0.15) is 5.82 Å². The fraction of sp³-hybridized carbons (Fsp3) is 0.444. The summed E-state index contributed by atoms with van der Waals surface area (Å²) in [6, 6.07) is 1.53. The number of ether oxygens (including phenoxy) is 1.